The molecular weight excluding hydrogens is 280 g/mol. The van der Waals surface area contributed by atoms with Crippen LogP contribution >= 0.6 is 12.6 Å². The van der Waals surface area contributed by atoms with Crippen LogP contribution in [0.5, 0.6) is 5.75 Å². The van der Waals surface area contributed by atoms with Gasteiger partial charge in [-0.2, -0.15) is 0 Å². The number of carboxylic acid groups (broad SMARTS) is 2. The Labute approximate surface area is 120 Å². The van der Waals surface area contributed by atoms with E-state index in [4.69, 9.17) is 15.3 Å². The molecule has 2 aromatic rings. The van der Waals surface area contributed by atoms with Crippen molar-refractivity contribution in [2.24, 2.45) is 0 Å². The van der Waals surface area contributed by atoms with E-state index in [1.807, 2.05) is 0 Å². The average molecular weight is 292 g/mol. The predicted molar refractivity (Wildman–Crippen MR) is 75.7 cm³/mol. The highest BCUT2D eigenvalue weighted by molar-refractivity contribution is 7.80. The topological polar surface area (TPSA) is 94.8 Å². The van der Waals surface area contributed by atoms with E-state index in [0.29, 0.717) is 4.90 Å². The fraction of sp³-hybridized carbons (Fsp3) is 0. The first kappa shape index (κ1) is 15.6. The van der Waals surface area contributed by atoms with Gasteiger partial charge in [0.2, 0.25) is 0 Å². The molecule has 20 heavy (non-hydrogen) atoms. The highest BCUT2D eigenvalue weighted by Crippen LogP contribution is 2.14. The lowest BCUT2D eigenvalue weighted by atomic mass is 10.2. The summed E-state index contributed by atoms with van der Waals surface area (Å²) < 4.78 is 0. The molecule has 0 aliphatic rings. The summed E-state index contributed by atoms with van der Waals surface area (Å²) in [4.78, 5) is 21.1. The van der Waals surface area contributed by atoms with Gasteiger partial charge in [-0.05, 0) is 24.3 Å². The Hall–Kier alpha value is -2.47. The van der Waals surface area contributed by atoms with Crippen molar-refractivity contribution in [2.75, 3.05) is 0 Å². The van der Waals surface area contributed by atoms with E-state index in [0.717, 1.165) is 0 Å². The van der Waals surface area contributed by atoms with Crippen LogP contribution in [-0.2, 0) is 0 Å². The first-order chi connectivity index (χ1) is 9.43. The van der Waals surface area contributed by atoms with Gasteiger partial charge >= 0.3 is 11.9 Å². The Kier molecular flexibility index (Phi) is 5.61. The van der Waals surface area contributed by atoms with Crippen LogP contribution in [0.1, 0.15) is 20.7 Å². The molecule has 0 aliphatic heterocycles. The van der Waals surface area contributed by atoms with Gasteiger partial charge in [-0.1, -0.05) is 24.3 Å². The summed E-state index contributed by atoms with van der Waals surface area (Å²) in [7, 11) is 0. The number of para-hydroxylation sites is 1. The molecule has 6 heteroatoms. The Bertz CT molecular complexity index is 569. The van der Waals surface area contributed by atoms with Crippen molar-refractivity contribution in [1.29, 1.82) is 0 Å². The Morgan fingerprint density at radius 2 is 1.25 bits per heavy atom. The SMILES string of the molecule is O=C(O)c1ccccc1O.O=C(O)c1ccccc1S. The lowest BCUT2D eigenvalue weighted by Gasteiger charge is -1.95. The second kappa shape index (κ2) is 7.20. The normalized spacial score (nSPS) is 9.25. The number of thiol groups is 1. The van der Waals surface area contributed by atoms with Gasteiger partial charge in [-0.25, -0.2) is 9.59 Å². The molecule has 0 radical (unpaired) electrons. The van der Waals surface area contributed by atoms with Crippen LogP contribution < -0.4 is 0 Å². The van der Waals surface area contributed by atoms with Gasteiger partial charge in [-0.3, -0.25) is 0 Å². The number of aromatic carboxylic acids is 2. The number of aromatic hydroxyl groups is 1. The summed E-state index contributed by atoms with van der Waals surface area (Å²) in [6, 6.07) is 12.4. The van der Waals surface area contributed by atoms with E-state index in [1.165, 1.54) is 18.2 Å². The van der Waals surface area contributed by atoms with Crippen LogP contribution in [0.25, 0.3) is 0 Å². The van der Waals surface area contributed by atoms with E-state index in [2.05, 4.69) is 12.6 Å². The third-order valence-electron chi connectivity index (χ3n) is 2.27. The molecule has 0 amide bonds. The first-order valence-electron chi connectivity index (χ1n) is 5.46. The smallest absolute Gasteiger partial charge is 0.339 e. The molecular formula is C14H12O5S. The van der Waals surface area contributed by atoms with Crippen molar-refractivity contribution < 1.29 is 24.9 Å². The minimum absolute atomic E-state index is 0.0671. The summed E-state index contributed by atoms with van der Waals surface area (Å²) in [5.74, 6) is -2.25. The van der Waals surface area contributed by atoms with Gasteiger partial charge in [0.1, 0.15) is 11.3 Å². The van der Waals surface area contributed by atoms with Crippen molar-refractivity contribution in [2.45, 2.75) is 4.90 Å². The van der Waals surface area contributed by atoms with Gasteiger partial charge in [0.25, 0.3) is 0 Å². The molecule has 5 nitrogen and oxygen atoms in total. The zero-order chi connectivity index (χ0) is 15.1. The standard InChI is InChI=1S/C7H6O3.C7H6O2S/c8-6-4-2-1-3-5(6)7(9)10;8-7(9)5-3-1-2-4-6(5)10/h1-4,8H,(H,9,10);1-4,10H,(H,8,9). The van der Waals surface area contributed by atoms with Crippen LogP contribution in [-0.4, -0.2) is 27.3 Å². The van der Waals surface area contributed by atoms with E-state index in [-0.39, 0.29) is 16.9 Å². The molecule has 2 rings (SSSR count). The van der Waals surface area contributed by atoms with E-state index >= 15 is 0 Å². The Morgan fingerprint density at radius 1 is 0.800 bits per heavy atom. The zero-order valence-corrected chi connectivity index (χ0v) is 11.1. The summed E-state index contributed by atoms with van der Waals surface area (Å²) in [6.45, 7) is 0. The molecule has 0 saturated carbocycles. The monoisotopic (exact) mass is 292 g/mol. The van der Waals surface area contributed by atoms with Gasteiger partial charge in [0.15, 0.2) is 0 Å². The molecule has 0 fully saturated rings. The molecule has 0 aromatic heterocycles. The summed E-state index contributed by atoms with van der Waals surface area (Å²) in [6.07, 6.45) is 0. The molecule has 0 bridgehead atoms. The summed E-state index contributed by atoms with van der Waals surface area (Å²) in [5.41, 5.74) is 0.174. The fourth-order valence-corrected chi connectivity index (χ4v) is 1.57. The number of rotatable bonds is 2. The molecule has 0 atom stereocenters. The predicted octanol–water partition coefficient (Wildman–Crippen LogP) is 2.76. The lowest BCUT2D eigenvalue weighted by molar-refractivity contribution is 0.0682. The van der Waals surface area contributed by atoms with Crippen molar-refractivity contribution in [3.05, 3.63) is 59.7 Å². The summed E-state index contributed by atoms with van der Waals surface area (Å²) >= 11 is 3.96. The van der Waals surface area contributed by atoms with Crippen molar-refractivity contribution in [3.63, 3.8) is 0 Å². The largest absolute Gasteiger partial charge is 0.507 e. The fourth-order valence-electron chi connectivity index (χ4n) is 1.31. The van der Waals surface area contributed by atoms with Crippen LogP contribution in [0.4, 0.5) is 0 Å². The number of carbonyl (C=O) groups is 2. The number of phenols is 1. The highest BCUT2D eigenvalue weighted by atomic mass is 32.1. The molecule has 0 saturated heterocycles. The van der Waals surface area contributed by atoms with Crippen LogP contribution in [0.3, 0.4) is 0 Å². The molecule has 3 N–H and O–H groups in total. The van der Waals surface area contributed by atoms with E-state index in [1.54, 1.807) is 30.3 Å². The third-order valence-corrected chi connectivity index (χ3v) is 2.66. The van der Waals surface area contributed by atoms with E-state index < -0.39 is 11.9 Å². The number of hydrogen-bond donors (Lipinski definition) is 4. The second-order valence-electron chi connectivity index (χ2n) is 3.64. The average Bonchev–Trinajstić information content (AvgIpc) is 2.40. The zero-order valence-electron chi connectivity index (χ0n) is 10.2. The maximum Gasteiger partial charge on any atom is 0.339 e. The third kappa shape index (κ3) is 4.33. The Morgan fingerprint density at radius 3 is 1.60 bits per heavy atom. The minimum Gasteiger partial charge on any atom is -0.507 e. The van der Waals surface area contributed by atoms with Gasteiger partial charge < -0.3 is 15.3 Å². The number of hydrogen-bond acceptors (Lipinski definition) is 4. The lowest BCUT2D eigenvalue weighted by Crippen LogP contribution is -1.96. The molecule has 0 aliphatic carbocycles. The number of benzene rings is 2. The maximum absolute atomic E-state index is 10.4. The molecule has 104 valence electrons. The van der Waals surface area contributed by atoms with Gasteiger partial charge in [0.05, 0.1) is 5.56 Å². The van der Waals surface area contributed by atoms with E-state index in [9.17, 15) is 9.59 Å². The van der Waals surface area contributed by atoms with Crippen molar-refractivity contribution in [3.8, 4) is 5.75 Å². The quantitative estimate of drug-likeness (QED) is 0.638. The Balaban J connectivity index is 0.000000200. The van der Waals surface area contributed by atoms with Crippen molar-refractivity contribution in [1.82, 2.24) is 0 Å². The highest BCUT2D eigenvalue weighted by Gasteiger charge is 2.05. The molecule has 0 spiro atoms. The minimum atomic E-state index is -1.11. The van der Waals surface area contributed by atoms with Crippen LogP contribution in [0, 0.1) is 0 Å². The summed E-state index contributed by atoms with van der Waals surface area (Å²) in [5, 5.41) is 25.8. The van der Waals surface area contributed by atoms with Crippen molar-refractivity contribution >= 4 is 24.6 Å². The molecule has 2 aromatic carbocycles. The first-order valence-corrected chi connectivity index (χ1v) is 5.90. The van der Waals surface area contributed by atoms with Gasteiger partial charge in [-0.15, -0.1) is 12.6 Å². The van der Waals surface area contributed by atoms with Gasteiger partial charge in [0, 0.05) is 4.90 Å². The maximum atomic E-state index is 10.4. The molecule has 0 unspecified atom stereocenters. The second-order valence-corrected chi connectivity index (χ2v) is 4.13. The number of carboxylic acids is 2. The van der Waals surface area contributed by atoms with Crippen LogP contribution in [0.2, 0.25) is 0 Å². The molecule has 0 heterocycles. The van der Waals surface area contributed by atoms with Crippen LogP contribution in [0.15, 0.2) is 53.4 Å².